The van der Waals surface area contributed by atoms with E-state index in [1.165, 1.54) is 80.7 Å². The lowest BCUT2D eigenvalue weighted by Crippen LogP contribution is -2.01. The maximum atomic E-state index is 5.05. The van der Waals surface area contributed by atoms with Crippen molar-refractivity contribution in [2.45, 2.75) is 0 Å². The van der Waals surface area contributed by atoms with Gasteiger partial charge in [-0.05, 0) is 107 Å². The first kappa shape index (κ1) is 39.2. The normalized spacial score (nSPS) is 11.8. The maximum Gasteiger partial charge on any atom is 0.164 e. The third kappa shape index (κ3) is 6.56. The van der Waals surface area contributed by atoms with Crippen LogP contribution in [0.1, 0.15) is 0 Å². The quantitative estimate of drug-likeness (QED) is 0.160. The van der Waals surface area contributed by atoms with Gasteiger partial charge in [0.25, 0.3) is 0 Å². The van der Waals surface area contributed by atoms with Gasteiger partial charge < -0.3 is 9.13 Å². The van der Waals surface area contributed by atoms with Crippen molar-refractivity contribution in [3.8, 4) is 67.8 Å². The zero-order valence-electron chi connectivity index (χ0n) is 37.2. The van der Waals surface area contributed by atoms with Crippen molar-refractivity contribution < 1.29 is 0 Å². The van der Waals surface area contributed by atoms with Crippen molar-refractivity contribution in [3.05, 3.63) is 237 Å². The first-order valence-corrected chi connectivity index (χ1v) is 24.1. The monoisotopic (exact) mass is 897 g/mol. The number of nitrogens with zero attached hydrogens (tertiary/aromatic N) is 5. The maximum absolute atomic E-state index is 5.05. The highest BCUT2D eigenvalue weighted by atomic mass is 32.1. The summed E-state index contributed by atoms with van der Waals surface area (Å²) in [5, 5.41) is 7.48. The molecule has 0 bridgehead atoms. The number of benzene rings is 10. The minimum absolute atomic E-state index is 0.629. The molecule has 0 aliphatic carbocycles. The molecule has 0 aliphatic heterocycles. The molecule has 5 nitrogen and oxygen atoms in total. The summed E-state index contributed by atoms with van der Waals surface area (Å²) in [5.41, 5.74) is 14.5. The average molecular weight is 898 g/mol. The Morgan fingerprint density at radius 1 is 0.246 bits per heavy atom. The van der Waals surface area contributed by atoms with E-state index in [1.807, 2.05) is 72.0 Å². The molecule has 0 fully saturated rings. The van der Waals surface area contributed by atoms with E-state index in [0.717, 1.165) is 33.4 Å². The van der Waals surface area contributed by atoms with Gasteiger partial charge >= 0.3 is 0 Å². The van der Waals surface area contributed by atoms with E-state index in [0.29, 0.717) is 17.5 Å². The smallest absolute Gasteiger partial charge is 0.164 e. The molecule has 322 valence electrons. The Morgan fingerprint density at radius 3 is 1.14 bits per heavy atom. The minimum atomic E-state index is 0.629. The Hall–Kier alpha value is -8.97. The van der Waals surface area contributed by atoms with Gasteiger partial charge in [0.15, 0.2) is 17.5 Å². The van der Waals surface area contributed by atoms with E-state index in [4.69, 9.17) is 15.0 Å². The van der Waals surface area contributed by atoms with Crippen LogP contribution in [0, 0.1) is 0 Å². The van der Waals surface area contributed by atoms with Crippen molar-refractivity contribution >= 4 is 75.1 Å². The van der Waals surface area contributed by atoms with E-state index in [-0.39, 0.29) is 0 Å². The molecule has 6 heteroatoms. The predicted octanol–water partition coefficient (Wildman–Crippen LogP) is 16.8. The summed E-state index contributed by atoms with van der Waals surface area (Å²) in [6.45, 7) is 0. The third-order valence-electron chi connectivity index (χ3n) is 13.6. The summed E-state index contributed by atoms with van der Waals surface area (Å²) in [5.74, 6) is 1.92. The first-order valence-electron chi connectivity index (χ1n) is 23.3. The van der Waals surface area contributed by atoms with E-state index >= 15 is 0 Å². The average Bonchev–Trinajstić information content (AvgIpc) is 4.08. The number of fused-ring (bicyclic) bond motifs is 9. The lowest BCUT2D eigenvalue weighted by molar-refractivity contribution is 1.07. The first-order chi connectivity index (χ1) is 34.2. The highest BCUT2D eigenvalue weighted by Crippen LogP contribution is 2.42. The molecule has 0 amide bonds. The van der Waals surface area contributed by atoms with E-state index in [1.54, 1.807) is 0 Å². The van der Waals surface area contributed by atoms with E-state index in [2.05, 4.69) is 185 Å². The van der Waals surface area contributed by atoms with Crippen LogP contribution in [0.3, 0.4) is 0 Å². The largest absolute Gasteiger partial charge is 0.309 e. The van der Waals surface area contributed by atoms with Gasteiger partial charge in [0.05, 0.1) is 22.1 Å². The summed E-state index contributed by atoms with van der Waals surface area (Å²) < 4.78 is 7.32. The highest BCUT2D eigenvalue weighted by molar-refractivity contribution is 7.25. The number of hydrogen-bond donors (Lipinski definition) is 0. The summed E-state index contributed by atoms with van der Waals surface area (Å²) in [4.78, 5) is 15.0. The topological polar surface area (TPSA) is 48.5 Å². The second-order valence-corrected chi connectivity index (χ2v) is 18.7. The van der Waals surface area contributed by atoms with Gasteiger partial charge in [-0.25, -0.2) is 15.0 Å². The van der Waals surface area contributed by atoms with Crippen LogP contribution in [-0.2, 0) is 0 Å². The second-order valence-electron chi connectivity index (χ2n) is 17.6. The summed E-state index contributed by atoms with van der Waals surface area (Å²) in [6, 6.07) is 84.7. The molecule has 14 rings (SSSR count). The van der Waals surface area contributed by atoms with Gasteiger partial charge in [0.2, 0.25) is 0 Å². The number of hydrogen-bond acceptors (Lipinski definition) is 4. The Labute approximate surface area is 401 Å². The Morgan fingerprint density at radius 2 is 0.623 bits per heavy atom. The molecule has 14 aromatic rings. The molecule has 69 heavy (non-hydrogen) atoms. The molecule has 0 saturated carbocycles. The van der Waals surface area contributed by atoms with Crippen LogP contribution in [0.4, 0.5) is 0 Å². The van der Waals surface area contributed by atoms with Gasteiger partial charge in [-0.1, -0.05) is 152 Å². The molecular formula is C63H39N5S. The Balaban J connectivity index is 0.853. The molecule has 0 spiro atoms. The van der Waals surface area contributed by atoms with Crippen molar-refractivity contribution in [2.24, 2.45) is 0 Å². The molecule has 10 aromatic carbocycles. The van der Waals surface area contributed by atoms with Gasteiger partial charge in [0, 0.05) is 69.8 Å². The van der Waals surface area contributed by atoms with Crippen molar-refractivity contribution in [1.29, 1.82) is 0 Å². The number of rotatable bonds is 7. The molecule has 4 aromatic heterocycles. The molecule has 0 atom stereocenters. The highest BCUT2D eigenvalue weighted by Gasteiger charge is 2.18. The molecule has 0 radical (unpaired) electrons. The zero-order valence-corrected chi connectivity index (χ0v) is 38.0. The molecular weight excluding hydrogens is 859 g/mol. The van der Waals surface area contributed by atoms with Crippen molar-refractivity contribution in [1.82, 2.24) is 24.1 Å². The fourth-order valence-electron chi connectivity index (χ4n) is 10.3. The SMILES string of the molecule is c1ccc(-c2nc(-c3ccccc3)nc(-c3cccc(-n4c5ccccc5c5cc(-c6ccc7sc8ccc(-c9ccc%10c(c9)c9ccccc9n%10-c9ccccc9)cc8c7c6)ccc54)c3)n2)cc1. The number of aromatic nitrogens is 5. The summed E-state index contributed by atoms with van der Waals surface area (Å²) in [6.07, 6.45) is 0. The molecule has 0 N–H and O–H groups in total. The van der Waals surface area contributed by atoms with Gasteiger partial charge in [-0.15, -0.1) is 11.3 Å². The van der Waals surface area contributed by atoms with Crippen LogP contribution in [0.15, 0.2) is 237 Å². The Kier molecular flexibility index (Phi) is 9.00. The zero-order chi connectivity index (χ0) is 45.4. The standard InChI is InChI=1S/C63H39N5S/c1-4-15-40(16-5-1)61-64-62(41-17-6-2-7-18-41)66-63(65-61)46-19-14-22-48(35-46)68-56-26-13-11-24-50(56)52-37-43(28-32-58(52)68)45-30-34-60-54(39-45)53-38-44(29-33-59(53)69-60)42-27-31-57-51(36-42)49-23-10-12-25-55(49)67(57)47-20-8-3-9-21-47/h1-39H. The molecule has 0 unspecified atom stereocenters. The molecule has 4 heterocycles. The van der Waals surface area contributed by atoms with Gasteiger partial charge in [0.1, 0.15) is 0 Å². The van der Waals surface area contributed by atoms with Crippen LogP contribution in [0.2, 0.25) is 0 Å². The number of thiophene rings is 1. The lowest BCUT2D eigenvalue weighted by atomic mass is 9.98. The van der Waals surface area contributed by atoms with Crippen molar-refractivity contribution in [3.63, 3.8) is 0 Å². The van der Waals surface area contributed by atoms with Crippen LogP contribution in [-0.4, -0.2) is 24.1 Å². The van der Waals surface area contributed by atoms with Crippen LogP contribution >= 0.6 is 11.3 Å². The van der Waals surface area contributed by atoms with E-state index in [9.17, 15) is 0 Å². The third-order valence-corrected chi connectivity index (χ3v) is 14.7. The van der Waals surface area contributed by atoms with Gasteiger partial charge in [-0.3, -0.25) is 0 Å². The van der Waals surface area contributed by atoms with Gasteiger partial charge in [-0.2, -0.15) is 0 Å². The van der Waals surface area contributed by atoms with Crippen LogP contribution in [0.25, 0.3) is 132 Å². The summed E-state index contributed by atoms with van der Waals surface area (Å²) in [7, 11) is 0. The predicted molar refractivity (Wildman–Crippen MR) is 289 cm³/mol. The fraction of sp³-hybridized carbons (Fsp3) is 0. The van der Waals surface area contributed by atoms with Crippen LogP contribution < -0.4 is 0 Å². The Bertz CT molecular complexity index is 4240. The summed E-state index contributed by atoms with van der Waals surface area (Å²) >= 11 is 1.86. The van der Waals surface area contributed by atoms with Crippen molar-refractivity contribution in [2.75, 3.05) is 0 Å². The van der Waals surface area contributed by atoms with E-state index < -0.39 is 0 Å². The minimum Gasteiger partial charge on any atom is -0.309 e. The fourth-order valence-corrected chi connectivity index (χ4v) is 11.4. The van der Waals surface area contributed by atoms with Crippen LogP contribution in [0.5, 0.6) is 0 Å². The lowest BCUT2D eigenvalue weighted by Gasteiger charge is -2.12. The molecule has 0 aliphatic rings. The number of para-hydroxylation sites is 3. The molecule has 0 saturated heterocycles. The second kappa shape index (κ2) is 15.8.